The van der Waals surface area contributed by atoms with Crippen LogP contribution in [0.25, 0.3) is 0 Å². The number of aliphatic hydroxyl groups is 1. The van der Waals surface area contributed by atoms with E-state index in [0.717, 1.165) is 0 Å². The summed E-state index contributed by atoms with van der Waals surface area (Å²) in [5.41, 5.74) is -4.52. The van der Waals surface area contributed by atoms with Crippen LogP contribution in [-0.2, 0) is 19.1 Å². The predicted octanol–water partition coefficient (Wildman–Crippen LogP) is 3.32. The summed E-state index contributed by atoms with van der Waals surface area (Å²) in [6.45, 7) is 14.5. The molecule has 0 amide bonds. The standard InChI is InChI=1S/C23H30O5/c1-7-9-14-11-22-12-16(21(5,6)27)28-18(22)15(10-8-2)17(25)23(13-24,19(22)26)20(14,3)4/h7-8,13-14,16,27H,1-2,9-12H2,3-6H3/t14-,16-,22-,23-/m0/s1. The van der Waals surface area contributed by atoms with Gasteiger partial charge >= 0.3 is 0 Å². The van der Waals surface area contributed by atoms with E-state index in [0.29, 0.717) is 30.5 Å². The predicted molar refractivity (Wildman–Crippen MR) is 105 cm³/mol. The van der Waals surface area contributed by atoms with Gasteiger partial charge in [0, 0.05) is 12.0 Å². The van der Waals surface area contributed by atoms with Crippen molar-refractivity contribution in [2.24, 2.45) is 22.2 Å². The summed E-state index contributed by atoms with van der Waals surface area (Å²) < 4.78 is 6.09. The lowest BCUT2D eigenvalue weighted by molar-refractivity contribution is -0.170. The van der Waals surface area contributed by atoms with E-state index in [1.165, 1.54) is 0 Å². The van der Waals surface area contributed by atoms with Crippen molar-refractivity contribution in [2.75, 3.05) is 0 Å². The molecule has 0 unspecified atom stereocenters. The van der Waals surface area contributed by atoms with Gasteiger partial charge in [-0.05, 0) is 44.4 Å². The first-order valence-electron chi connectivity index (χ1n) is 9.84. The maximum atomic E-state index is 13.9. The molecule has 0 aromatic carbocycles. The molecule has 1 saturated heterocycles. The van der Waals surface area contributed by atoms with E-state index in [4.69, 9.17) is 4.74 Å². The first-order valence-corrected chi connectivity index (χ1v) is 9.84. The Hall–Kier alpha value is -2.01. The van der Waals surface area contributed by atoms with Crippen molar-refractivity contribution in [2.45, 2.75) is 65.1 Å². The van der Waals surface area contributed by atoms with Crippen molar-refractivity contribution < 1.29 is 24.2 Å². The molecule has 0 radical (unpaired) electrons. The van der Waals surface area contributed by atoms with Crippen LogP contribution < -0.4 is 0 Å². The van der Waals surface area contributed by atoms with Crippen molar-refractivity contribution >= 4 is 17.9 Å². The molecule has 0 aromatic heterocycles. The molecule has 5 nitrogen and oxygen atoms in total. The quantitative estimate of drug-likeness (QED) is 0.430. The molecule has 1 saturated carbocycles. The zero-order valence-electron chi connectivity index (χ0n) is 17.2. The Morgan fingerprint density at radius 3 is 2.36 bits per heavy atom. The molecule has 1 N–H and O–H groups in total. The van der Waals surface area contributed by atoms with E-state index >= 15 is 0 Å². The Balaban J connectivity index is 2.34. The van der Waals surface area contributed by atoms with Crippen LogP contribution in [-0.4, -0.2) is 34.7 Å². The molecule has 1 spiro atoms. The van der Waals surface area contributed by atoms with E-state index < -0.39 is 33.7 Å². The molecule has 1 aliphatic heterocycles. The molecule has 0 aromatic rings. The van der Waals surface area contributed by atoms with Gasteiger partial charge < -0.3 is 14.6 Å². The van der Waals surface area contributed by atoms with Crippen LogP contribution in [0.1, 0.15) is 53.4 Å². The number of fused-ring (bicyclic) bond motifs is 1. The fraction of sp³-hybridized carbons (Fsp3) is 0.609. The fourth-order valence-corrected chi connectivity index (χ4v) is 5.50. The lowest BCUT2D eigenvalue weighted by Gasteiger charge is -2.57. The van der Waals surface area contributed by atoms with Crippen molar-refractivity contribution in [1.29, 1.82) is 0 Å². The van der Waals surface area contributed by atoms with Crippen LogP contribution in [0.3, 0.4) is 0 Å². The van der Waals surface area contributed by atoms with E-state index in [2.05, 4.69) is 13.2 Å². The molecule has 152 valence electrons. The second kappa shape index (κ2) is 6.24. The van der Waals surface area contributed by atoms with Gasteiger partial charge in [0.2, 0.25) is 0 Å². The van der Waals surface area contributed by atoms with E-state index in [1.807, 2.05) is 13.8 Å². The summed E-state index contributed by atoms with van der Waals surface area (Å²) in [6, 6.07) is 0. The van der Waals surface area contributed by atoms with Gasteiger partial charge in [0.1, 0.15) is 18.1 Å². The Morgan fingerprint density at radius 2 is 1.86 bits per heavy atom. The Morgan fingerprint density at radius 1 is 1.21 bits per heavy atom. The Kier molecular flexibility index (Phi) is 4.62. The first kappa shape index (κ1) is 20.7. The largest absolute Gasteiger partial charge is 0.490 e. The average molecular weight is 386 g/mol. The van der Waals surface area contributed by atoms with Gasteiger partial charge in [-0.15, -0.1) is 13.2 Å². The summed E-state index contributed by atoms with van der Waals surface area (Å²) in [6.07, 6.45) is 4.83. The molecule has 3 rings (SSSR count). The summed E-state index contributed by atoms with van der Waals surface area (Å²) >= 11 is 0. The smallest absolute Gasteiger partial charge is 0.183 e. The highest BCUT2D eigenvalue weighted by molar-refractivity contribution is 6.29. The molecule has 3 aliphatic rings. The van der Waals surface area contributed by atoms with Gasteiger partial charge in [-0.3, -0.25) is 9.59 Å². The average Bonchev–Trinajstić information content (AvgIpc) is 2.99. The van der Waals surface area contributed by atoms with Crippen LogP contribution in [0.15, 0.2) is 36.6 Å². The highest BCUT2D eigenvalue weighted by atomic mass is 16.5. The maximum Gasteiger partial charge on any atom is 0.183 e. The molecule has 2 fully saturated rings. The summed E-state index contributed by atoms with van der Waals surface area (Å²) in [4.78, 5) is 40.0. The molecule has 28 heavy (non-hydrogen) atoms. The topological polar surface area (TPSA) is 80.7 Å². The lowest BCUT2D eigenvalue weighted by atomic mass is 9.41. The molecule has 2 bridgehead atoms. The number of ether oxygens (including phenoxy) is 1. The second-order valence-corrected chi connectivity index (χ2v) is 9.58. The summed E-state index contributed by atoms with van der Waals surface area (Å²) in [5.74, 6) is -0.606. The van der Waals surface area contributed by atoms with Crippen LogP contribution in [0.5, 0.6) is 0 Å². The SMILES string of the molecule is C=CCC1=C2O[C@H](C(C)(C)O)C[C@@]23C[C@H](CC=C)C(C)(C)[C@@](C=O)(C1=O)C3=O. The summed E-state index contributed by atoms with van der Waals surface area (Å²) in [5, 5.41) is 10.6. The second-order valence-electron chi connectivity index (χ2n) is 9.58. The number of hydrogen-bond acceptors (Lipinski definition) is 5. The van der Waals surface area contributed by atoms with Crippen molar-refractivity contribution in [3.05, 3.63) is 36.6 Å². The normalized spacial score (nSPS) is 36.6. The molecule has 2 aliphatic carbocycles. The van der Waals surface area contributed by atoms with E-state index in [1.54, 1.807) is 26.0 Å². The number of carbonyl (C=O) groups excluding carboxylic acids is 3. The highest BCUT2D eigenvalue weighted by Gasteiger charge is 2.75. The number of Topliss-reactive ketones (excluding diaryl/α,β-unsaturated/α-hetero) is 2. The first-order chi connectivity index (χ1) is 12.9. The zero-order valence-corrected chi connectivity index (χ0v) is 17.2. The van der Waals surface area contributed by atoms with Crippen LogP contribution >= 0.6 is 0 Å². The molecular weight excluding hydrogens is 356 g/mol. The monoisotopic (exact) mass is 386 g/mol. The Labute approximate surface area is 166 Å². The van der Waals surface area contributed by atoms with Gasteiger partial charge in [-0.2, -0.15) is 0 Å². The van der Waals surface area contributed by atoms with Gasteiger partial charge in [0.25, 0.3) is 0 Å². The van der Waals surface area contributed by atoms with Gasteiger partial charge in [0.15, 0.2) is 17.0 Å². The number of allylic oxidation sites excluding steroid dienone is 4. The number of rotatable bonds is 6. The minimum atomic E-state index is -1.75. The number of hydrogen-bond donors (Lipinski definition) is 1. The number of ketones is 2. The van der Waals surface area contributed by atoms with Crippen LogP contribution in [0, 0.1) is 22.2 Å². The molecule has 1 heterocycles. The molecule has 4 atom stereocenters. The third-order valence-electron chi connectivity index (χ3n) is 7.32. The Bertz CT molecular complexity index is 796. The zero-order chi connectivity index (χ0) is 21.1. The third kappa shape index (κ3) is 2.32. The maximum absolute atomic E-state index is 13.9. The van der Waals surface area contributed by atoms with Gasteiger partial charge in [0.05, 0.1) is 11.0 Å². The number of aldehydes is 1. The fourth-order valence-electron chi connectivity index (χ4n) is 5.50. The van der Waals surface area contributed by atoms with E-state index in [9.17, 15) is 19.5 Å². The molecule has 5 heteroatoms. The van der Waals surface area contributed by atoms with Crippen molar-refractivity contribution in [1.82, 2.24) is 0 Å². The van der Waals surface area contributed by atoms with Gasteiger partial charge in [-0.25, -0.2) is 0 Å². The molecular formula is C23H30O5. The third-order valence-corrected chi connectivity index (χ3v) is 7.32. The van der Waals surface area contributed by atoms with Crippen molar-refractivity contribution in [3.63, 3.8) is 0 Å². The number of carbonyl (C=O) groups is 3. The van der Waals surface area contributed by atoms with Crippen LogP contribution in [0.2, 0.25) is 0 Å². The van der Waals surface area contributed by atoms with Crippen molar-refractivity contribution in [3.8, 4) is 0 Å². The van der Waals surface area contributed by atoms with Crippen LogP contribution in [0.4, 0.5) is 0 Å². The lowest BCUT2D eigenvalue weighted by Crippen LogP contribution is -2.66. The van der Waals surface area contributed by atoms with E-state index in [-0.39, 0.29) is 24.5 Å². The minimum Gasteiger partial charge on any atom is -0.490 e. The van der Waals surface area contributed by atoms with Gasteiger partial charge in [-0.1, -0.05) is 26.0 Å². The summed E-state index contributed by atoms with van der Waals surface area (Å²) in [7, 11) is 0. The highest BCUT2D eigenvalue weighted by Crippen LogP contribution is 2.67. The minimum absolute atomic E-state index is 0.0960.